The predicted octanol–water partition coefficient (Wildman–Crippen LogP) is 1.86. The first-order chi connectivity index (χ1) is 9.67. The fraction of sp³-hybridized carbons (Fsp3) is 0.467. The van der Waals surface area contributed by atoms with Crippen molar-refractivity contribution in [1.29, 1.82) is 5.26 Å². The fourth-order valence-electron chi connectivity index (χ4n) is 1.67. The lowest BCUT2D eigenvalue weighted by Gasteiger charge is -2.16. The van der Waals surface area contributed by atoms with Crippen molar-refractivity contribution in [3.63, 3.8) is 0 Å². The summed E-state index contributed by atoms with van der Waals surface area (Å²) < 4.78 is 5.26. The van der Waals surface area contributed by atoms with Gasteiger partial charge in [-0.2, -0.15) is 5.26 Å². The Balaban J connectivity index is 2.35. The Morgan fingerprint density at radius 2 is 2.15 bits per heavy atom. The summed E-state index contributed by atoms with van der Waals surface area (Å²) in [5.41, 5.74) is 1.04. The van der Waals surface area contributed by atoms with Crippen molar-refractivity contribution in [2.75, 3.05) is 38.7 Å². The van der Waals surface area contributed by atoms with Crippen molar-refractivity contribution in [3.8, 4) is 6.07 Å². The highest BCUT2D eigenvalue weighted by atomic mass is 16.5. The summed E-state index contributed by atoms with van der Waals surface area (Å²) in [6.07, 6.45) is 0.391. The molecule has 1 rings (SSSR count). The predicted molar refractivity (Wildman–Crippen MR) is 78.4 cm³/mol. The van der Waals surface area contributed by atoms with E-state index in [-0.39, 0.29) is 5.91 Å². The van der Waals surface area contributed by atoms with Crippen LogP contribution in [0.4, 0.5) is 5.69 Å². The second-order valence-corrected chi connectivity index (χ2v) is 4.46. The number of nitrogens with one attached hydrogen (secondary N) is 1. The average Bonchev–Trinajstić information content (AvgIpc) is 2.46. The van der Waals surface area contributed by atoms with Crippen LogP contribution in [0, 0.1) is 11.3 Å². The molecule has 108 valence electrons. The van der Waals surface area contributed by atoms with Crippen LogP contribution in [0.15, 0.2) is 24.3 Å². The fourth-order valence-corrected chi connectivity index (χ4v) is 1.67. The number of anilines is 1. The van der Waals surface area contributed by atoms with Gasteiger partial charge in [-0.05, 0) is 26.1 Å². The molecule has 20 heavy (non-hydrogen) atoms. The zero-order chi connectivity index (χ0) is 14.8. The van der Waals surface area contributed by atoms with E-state index in [2.05, 4.69) is 11.4 Å². The van der Waals surface area contributed by atoms with Gasteiger partial charge in [0.2, 0.25) is 5.91 Å². The van der Waals surface area contributed by atoms with Gasteiger partial charge in [-0.15, -0.1) is 0 Å². The number of benzene rings is 1. The van der Waals surface area contributed by atoms with Crippen LogP contribution in [0.1, 0.15) is 18.9 Å². The second-order valence-electron chi connectivity index (χ2n) is 4.46. The molecule has 0 bridgehead atoms. The molecule has 1 N–H and O–H groups in total. The third-order valence-electron chi connectivity index (χ3n) is 2.86. The van der Waals surface area contributed by atoms with Crippen LogP contribution < -0.4 is 5.32 Å². The summed E-state index contributed by atoms with van der Waals surface area (Å²) in [7, 11) is 1.95. The van der Waals surface area contributed by atoms with E-state index in [0.717, 1.165) is 6.54 Å². The molecule has 0 aromatic heterocycles. The first-order valence-corrected chi connectivity index (χ1v) is 6.72. The number of nitriles is 1. The van der Waals surface area contributed by atoms with E-state index in [1.807, 2.05) is 18.9 Å². The minimum atomic E-state index is -0.0871. The third kappa shape index (κ3) is 5.83. The van der Waals surface area contributed by atoms with E-state index >= 15 is 0 Å². The average molecular weight is 275 g/mol. The first kappa shape index (κ1) is 16.2. The third-order valence-corrected chi connectivity index (χ3v) is 2.86. The Hall–Kier alpha value is -1.90. The normalized spacial score (nSPS) is 10.3. The molecule has 0 saturated carbocycles. The number of hydrogen-bond acceptors (Lipinski definition) is 4. The molecule has 0 saturated heterocycles. The van der Waals surface area contributed by atoms with Crippen LogP contribution >= 0.6 is 0 Å². The van der Waals surface area contributed by atoms with Crippen LogP contribution in [0.3, 0.4) is 0 Å². The van der Waals surface area contributed by atoms with E-state index in [4.69, 9.17) is 10.00 Å². The Morgan fingerprint density at radius 1 is 1.40 bits per heavy atom. The Bertz CT molecular complexity index is 468. The maximum absolute atomic E-state index is 11.8. The van der Waals surface area contributed by atoms with Gasteiger partial charge < -0.3 is 15.0 Å². The molecule has 0 atom stereocenters. The van der Waals surface area contributed by atoms with Gasteiger partial charge in [-0.1, -0.05) is 12.1 Å². The standard InChI is InChI=1S/C15H21N3O2/c1-3-20-11-10-18(2)9-8-15(19)17-14-7-5-4-6-13(14)12-16/h4-7H,3,8-11H2,1-2H3,(H,17,19). The highest BCUT2D eigenvalue weighted by Crippen LogP contribution is 2.13. The molecule has 0 heterocycles. The lowest BCUT2D eigenvalue weighted by molar-refractivity contribution is -0.116. The number of rotatable bonds is 8. The van der Waals surface area contributed by atoms with Gasteiger partial charge >= 0.3 is 0 Å². The molecule has 0 aliphatic rings. The van der Waals surface area contributed by atoms with Gasteiger partial charge in [0.1, 0.15) is 6.07 Å². The zero-order valence-electron chi connectivity index (χ0n) is 12.1. The number of ether oxygens (including phenoxy) is 1. The first-order valence-electron chi connectivity index (χ1n) is 6.72. The lowest BCUT2D eigenvalue weighted by atomic mass is 10.2. The molecule has 0 fully saturated rings. The minimum Gasteiger partial charge on any atom is -0.380 e. The molecular formula is C15H21N3O2. The summed E-state index contributed by atoms with van der Waals surface area (Å²) in [5.74, 6) is -0.0871. The molecule has 1 amide bonds. The molecule has 5 nitrogen and oxygen atoms in total. The van der Waals surface area contributed by atoms with E-state index < -0.39 is 0 Å². The van der Waals surface area contributed by atoms with E-state index in [1.54, 1.807) is 24.3 Å². The number of amides is 1. The smallest absolute Gasteiger partial charge is 0.225 e. The van der Waals surface area contributed by atoms with Crippen LogP contribution in [0.5, 0.6) is 0 Å². The summed E-state index contributed by atoms with van der Waals surface area (Å²) in [6.45, 7) is 4.80. The summed E-state index contributed by atoms with van der Waals surface area (Å²) in [4.78, 5) is 13.9. The topological polar surface area (TPSA) is 65.4 Å². The van der Waals surface area contributed by atoms with E-state index in [0.29, 0.717) is 37.4 Å². The van der Waals surface area contributed by atoms with Crippen LogP contribution in [0.25, 0.3) is 0 Å². The van der Waals surface area contributed by atoms with E-state index in [9.17, 15) is 4.79 Å². The van der Waals surface area contributed by atoms with Crippen LogP contribution in [0.2, 0.25) is 0 Å². The van der Waals surface area contributed by atoms with Gasteiger partial charge in [0.05, 0.1) is 17.9 Å². The zero-order valence-corrected chi connectivity index (χ0v) is 12.1. The Kier molecular flexibility index (Phi) is 7.33. The molecule has 1 aromatic rings. The van der Waals surface area contributed by atoms with Crippen molar-refractivity contribution < 1.29 is 9.53 Å². The minimum absolute atomic E-state index is 0.0871. The van der Waals surface area contributed by atoms with Crippen molar-refractivity contribution in [2.24, 2.45) is 0 Å². The molecule has 1 aromatic carbocycles. The van der Waals surface area contributed by atoms with Crippen LogP contribution in [-0.2, 0) is 9.53 Å². The SMILES string of the molecule is CCOCCN(C)CCC(=O)Nc1ccccc1C#N. The molecule has 0 unspecified atom stereocenters. The van der Waals surface area contributed by atoms with Crippen LogP contribution in [-0.4, -0.2) is 44.2 Å². The monoisotopic (exact) mass is 275 g/mol. The summed E-state index contributed by atoms with van der Waals surface area (Å²) >= 11 is 0. The van der Waals surface area contributed by atoms with Crippen molar-refractivity contribution in [2.45, 2.75) is 13.3 Å². The molecule has 0 spiro atoms. The van der Waals surface area contributed by atoms with Crippen molar-refractivity contribution >= 4 is 11.6 Å². The van der Waals surface area contributed by atoms with Crippen molar-refractivity contribution in [3.05, 3.63) is 29.8 Å². The quantitative estimate of drug-likeness (QED) is 0.735. The van der Waals surface area contributed by atoms with Gasteiger partial charge in [0.15, 0.2) is 0 Å². The maximum atomic E-state index is 11.8. The number of likely N-dealkylation sites (N-methyl/N-ethyl adjacent to an activating group) is 1. The largest absolute Gasteiger partial charge is 0.380 e. The molecule has 0 aliphatic heterocycles. The summed E-state index contributed by atoms with van der Waals surface area (Å²) in [6, 6.07) is 9.04. The number of carbonyl (C=O) groups excluding carboxylic acids is 1. The van der Waals surface area contributed by atoms with E-state index in [1.165, 1.54) is 0 Å². The molecular weight excluding hydrogens is 254 g/mol. The molecule has 5 heteroatoms. The van der Waals surface area contributed by atoms with Gasteiger partial charge in [0, 0.05) is 26.1 Å². The molecule has 0 radical (unpaired) electrons. The van der Waals surface area contributed by atoms with Gasteiger partial charge in [0.25, 0.3) is 0 Å². The Morgan fingerprint density at radius 3 is 2.85 bits per heavy atom. The van der Waals surface area contributed by atoms with Crippen molar-refractivity contribution in [1.82, 2.24) is 4.90 Å². The maximum Gasteiger partial charge on any atom is 0.225 e. The second kappa shape index (κ2) is 9.08. The highest BCUT2D eigenvalue weighted by Gasteiger charge is 2.07. The molecule has 0 aliphatic carbocycles. The number of nitrogens with zero attached hydrogens (tertiary/aromatic N) is 2. The van der Waals surface area contributed by atoms with Gasteiger partial charge in [-0.3, -0.25) is 4.79 Å². The Labute approximate surface area is 120 Å². The summed E-state index contributed by atoms with van der Waals surface area (Å²) in [5, 5.41) is 11.7. The van der Waals surface area contributed by atoms with Gasteiger partial charge in [-0.25, -0.2) is 0 Å². The highest BCUT2D eigenvalue weighted by molar-refractivity contribution is 5.92. The number of para-hydroxylation sites is 1. The number of carbonyl (C=O) groups is 1. The number of hydrogen-bond donors (Lipinski definition) is 1. The lowest BCUT2D eigenvalue weighted by Crippen LogP contribution is -2.27.